The number of likely N-dealkylation sites (tertiary alicyclic amines) is 1. The summed E-state index contributed by atoms with van der Waals surface area (Å²) >= 11 is 1.66. The Morgan fingerprint density at radius 3 is 2.53 bits per heavy atom. The molecule has 8 nitrogen and oxygen atoms in total. The number of sulfonamides is 1. The molecule has 1 aromatic carbocycles. The highest BCUT2D eigenvalue weighted by Crippen LogP contribution is 2.24. The number of amides is 1. The zero-order chi connectivity index (χ0) is 22.7. The summed E-state index contributed by atoms with van der Waals surface area (Å²) < 4.78 is 27.5. The Labute approximate surface area is 194 Å². The highest BCUT2D eigenvalue weighted by molar-refractivity contribution is 7.89. The second kappa shape index (κ2) is 9.96. The number of likely N-dealkylation sites (N-methyl/N-ethyl adjacent to an activating group) is 1. The first-order chi connectivity index (χ1) is 15.3. The Bertz CT molecular complexity index is 1040. The molecule has 0 unspecified atom stereocenters. The molecule has 0 atom stereocenters. The molecule has 3 heterocycles. The predicted molar refractivity (Wildman–Crippen MR) is 126 cm³/mol. The Kier molecular flexibility index (Phi) is 7.26. The van der Waals surface area contributed by atoms with Gasteiger partial charge in [-0.3, -0.25) is 9.69 Å². The summed E-state index contributed by atoms with van der Waals surface area (Å²) in [5.74, 6) is -0.107. The summed E-state index contributed by atoms with van der Waals surface area (Å²) in [4.78, 5) is 22.0. The van der Waals surface area contributed by atoms with E-state index in [2.05, 4.69) is 25.5 Å². The number of nitrogens with one attached hydrogen (secondary N) is 1. The SMILES string of the molecule is Cc1nc(CN2CCC(C(=O)Nc3cccc(S(=O)(=O)N4CCN(C)CC4)c3)CC2)cs1. The molecule has 2 aliphatic rings. The summed E-state index contributed by atoms with van der Waals surface area (Å²) in [7, 11) is -1.57. The number of rotatable bonds is 6. The molecule has 0 bridgehead atoms. The monoisotopic (exact) mass is 477 g/mol. The van der Waals surface area contributed by atoms with Gasteiger partial charge in [0.1, 0.15) is 0 Å². The number of aromatic nitrogens is 1. The van der Waals surface area contributed by atoms with Crippen molar-refractivity contribution in [2.75, 3.05) is 51.6 Å². The molecule has 32 heavy (non-hydrogen) atoms. The standard InChI is InChI=1S/C22H31N5O3S2/c1-17-23-20(16-31-17)15-26-8-6-18(7-9-26)22(28)24-19-4-3-5-21(14-19)32(29,30)27-12-10-25(2)11-13-27/h3-5,14,16,18H,6-13,15H2,1-2H3,(H,24,28). The van der Waals surface area contributed by atoms with Crippen LogP contribution in [0.5, 0.6) is 0 Å². The maximum atomic E-state index is 13.0. The fraction of sp³-hybridized carbons (Fsp3) is 0.545. The van der Waals surface area contributed by atoms with Gasteiger partial charge in [0.2, 0.25) is 15.9 Å². The lowest BCUT2D eigenvalue weighted by Gasteiger charge is -2.31. The number of benzene rings is 1. The lowest BCUT2D eigenvalue weighted by molar-refractivity contribution is -0.121. The van der Waals surface area contributed by atoms with Crippen molar-refractivity contribution in [2.45, 2.75) is 31.2 Å². The molecular formula is C22H31N5O3S2. The van der Waals surface area contributed by atoms with E-state index in [4.69, 9.17) is 0 Å². The molecule has 1 aromatic heterocycles. The molecular weight excluding hydrogens is 446 g/mol. The summed E-state index contributed by atoms with van der Waals surface area (Å²) in [6.07, 6.45) is 1.57. The van der Waals surface area contributed by atoms with Crippen LogP contribution in [0.2, 0.25) is 0 Å². The third-order valence-electron chi connectivity index (χ3n) is 6.21. The first-order valence-electron chi connectivity index (χ1n) is 11.0. The van der Waals surface area contributed by atoms with Gasteiger partial charge in [-0.15, -0.1) is 11.3 Å². The van der Waals surface area contributed by atoms with Crippen molar-refractivity contribution < 1.29 is 13.2 Å². The van der Waals surface area contributed by atoms with Gasteiger partial charge in [0.05, 0.1) is 15.6 Å². The van der Waals surface area contributed by atoms with Gasteiger partial charge in [-0.1, -0.05) is 6.07 Å². The number of thiazole rings is 1. The van der Waals surface area contributed by atoms with Crippen molar-refractivity contribution in [2.24, 2.45) is 5.92 Å². The van der Waals surface area contributed by atoms with Gasteiger partial charge in [-0.25, -0.2) is 13.4 Å². The van der Waals surface area contributed by atoms with Crippen molar-refractivity contribution in [1.82, 2.24) is 19.1 Å². The zero-order valence-electron chi connectivity index (χ0n) is 18.7. The normalized spacial score (nSPS) is 19.8. The van der Waals surface area contributed by atoms with E-state index in [1.807, 2.05) is 14.0 Å². The quantitative estimate of drug-likeness (QED) is 0.687. The minimum atomic E-state index is -3.56. The van der Waals surface area contributed by atoms with Crippen LogP contribution in [0.15, 0.2) is 34.5 Å². The largest absolute Gasteiger partial charge is 0.326 e. The molecule has 174 valence electrons. The maximum absolute atomic E-state index is 13.0. The fourth-order valence-electron chi connectivity index (χ4n) is 4.22. The number of carbonyl (C=O) groups is 1. The second-order valence-corrected chi connectivity index (χ2v) is 11.6. The highest BCUT2D eigenvalue weighted by atomic mass is 32.2. The summed E-state index contributed by atoms with van der Waals surface area (Å²) in [6.45, 7) is 6.94. The summed E-state index contributed by atoms with van der Waals surface area (Å²) in [5.41, 5.74) is 1.62. The average molecular weight is 478 g/mol. The van der Waals surface area contributed by atoms with E-state index in [0.29, 0.717) is 18.8 Å². The molecule has 0 aliphatic carbocycles. The van der Waals surface area contributed by atoms with Gasteiger partial charge >= 0.3 is 0 Å². The first-order valence-corrected chi connectivity index (χ1v) is 13.4. The predicted octanol–water partition coefficient (Wildman–Crippen LogP) is 2.24. The van der Waals surface area contributed by atoms with Crippen LogP contribution in [0, 0.1) is 12.8 Å². The van der Waals surface area contributed by atoms with Crippen LogP contribution in [0.25, 0.3) is 0 Å². The van der Waals surface area contributed by atoms with Crippen molar-refractivity contribution in [3.63, 3.8) is 0 Å². The lowest BCUT2D eigenvalue weighted by atomic mass is 9.95. The van der Waals surface area contributed by atoms with Crippen LogP contribution >= 0.6 is 11.3 Å². The van der Waals surface area contributed by atoms with Gasteiger partial charge in [-0.2, -0.15) is 4.31 Å². The Morgan fingerprint density at radius 1 is 1.16 bits per heavy atom. The van der Waals surface area contributed by atoms with E-state index in [9.17, 15) is 13.2 Å². The van der Waals surface area contributed by atoms with Crippen molar-refractivity contribution in [3.8, 4) is 0 Å². The molecule has 4 rings (SSSR count). The van der Waals surface area contributed by atoms with Gasteiger partial charge in [0, 0.05) is 49.7 Å². The third-order valence-corrected chi connectivity index (χ3v) is 8.93. The number of nitrogens with zero attached hydrogens (tertiary/aromatic N) is 4. The number of piperazine rings is 1. The first kappa shape index (κ1) is 23.3. The van der Waals surface area contributed by atoms with Crippen LogP contribution in [0.1, 0.15) is 23.5 Å². The van der Waals surface area contributed by atoms with Gasteiger partial charge in [0.15, 0.2) is 0 Å². The molecule has 0 spiro atoms. The maximum Gasteiger partial charge on any atom is 0.243 e. The summed E-state index contributed by atoms with van der Waals surface area (Å²) in [5, 5.41) is 6.11. The molecule has 1 N–H and O–H groups in total. The number of hydrogen-bond donors (Lipinski definition) is 1. The molecule has 2 aliphatic heterocycles. The van der Waals surface area contributed by atoms with E-state index in [1.165, 1.54) is 4.31 Å². The number of hydrogen-bond acceptors (Lipinski definition) is 7. The molecule has 0 radical (unpaired) electrons. The molecule has 2 saturated heterocycles. The van der Waals surface area contributed by atoms with Gasteiger partial charge < -0.3 is 10.2 Å². The van der Waals surface area contributed by atoms with Crippen LogP contribution in [0.4, 0.5) is 5.69 Å². The Hall–Kier alpha value is -1.85. The van der Waals surface area contributed by atoms with E-state index in [0.717, 1.165) is 56.3 Å². The van der Waals surface area contributed by atoms with Crippen LogP contribution < -0.4 is 5.32 Å². The van der Waals surface area contributed by atoms with E-state index in [1.54, 1.807) is 35.6 Å². The highest BCUT2D eigenvalue weighted by Gasteiger charge is 2.29. The Balaban J connectivity index is 1.33. The zero-order valence-corrected chi connectivity index (χ0v) is 20.3. The molecule has 2 aromatic rings. The lowest BCUT2D eigenvalue weighted by Crippen LogP contribution is -2.47. The minimum Gasteiger partial charge on any atom is -0.326 e. The van der Waals surface area contributed by atoms with Gasteiger partial charge in [-0.05, 0) is 58.1 Å². The topological polar surface area (TPSA) is 85.8 Å². The molecule has 1 amide bonds. The summed E-state index contributed by atoms with van der Waals surface area (Å²) in [6, 6.07) is 6.62. The number of aryl methyl sites for hydroxylation is 1. The number of anilines is 1. The van der Waals surface area contributed by atoms with Crippen molar-refractivity contribution >= 4 is 33.0 Å². The van der Waals surface area contributed by atoms with E-state index >= 15 is 0 Å². The number of carbonyl (C=O) groups excluding carboxylic acids is 1. The van der Waals surface area contributed by atoms with Gasteiger partial charge in [0.25, 0.3) is 0 Å². The number of piperidine rings is 1. The molecule has 0 saturated carbocycles. The van der Waals surface area contributed by atoms with Crippen LogP contribution in [-0.4, -0.2) is 79.7 Å². The van der Waals surface area contributed by atoms with Crippen molar-refractivity contribution in [3.05, 3.63) is 40.3 Å². The third kappa shape index (κ3) is 5.55. The fourth-order valence-corrected chi connectivity index (χ4v) is 6.29. The molecule has 2 fully saturated rings. The van der Waals surface area contributed by atoms with E-state index < -0.39 is 10.0 Å². The van der Waals surface area contributed by atoms with Crippen LogP contribution in [-0.2, 0) is 21.4 Å². The Morgan fingerprint density at radius 2 is 1.88 bits per heavy atom. The minimum absolute atomic E-state index is 0.0386. The van der Waals surface area contributed by atoms with E-state index in [-0.39, 0.29) is 16.7 Å². The molecule has 10 heteroatoms. The average Bonchev–Trinajstić information content (AvgIpc) is 3.19. The van der Waals surface area contributed by atoms with Crippen molar-refractivity contribution in [1.29, 1.82) is 0 Å². The second-order valence-electron chi connectivity index (χ2n) is 8.63. The smallest absolute Gasteiger partial charge is 0.243 e. The van der Waals surface area contributed by atoms with Crippen LogP contribution in [0.3, 0.4) is 0 Å².